The van der Waals surface area contributed by atoms with Crippen LogP contribution in [0.4, 0.5) is 0 Å². The van der Waals surface area contributed by atoms with Gasteiger partial charge in [-0.1, -0.05) is 35.9 Å². The molecule has 9 heteroatoms. The Morgan fingerprint density at radius 1 is 1.08 bits per heavy atom. The quantitative estimate of drug-likeness (QED) is 0.176. The molecule has 0 N–H and O–H groups in total. The normalized spacial score (nSPS) is 19.8. The lowest BCUT2D eigenvalue weighted by molar-refractivity contribution is -0.151. The van der Waals surface area contributed by atoms with Gasteiger partial charge in [-0.2, -0.15) is 5.10 Å². The summed E-state index contributed by atoms with van der Waals surface area (Å²) in [6.07, 6.45) is 7.87. The van der Waals surface area contributed by atoms with Crippen LogP contribution in [0, 0.1) is 5.92 Å². The summed E-state index contributed by atoms with van der Waals surface area (Å²) in [5.74, 6) is 0.536. The molecule has 3 heterocycles. The molecule has 0 bridgehead atoms. The van der Waals surface area contributed by atoms with Gasteiger partial charge < -0.3 is 13.6 Å². The fourth-order valence-electron chi connectivity index (χ4n) is 5.26. The molecule has 1 amide bonds. The van der Waals surface area contributed by atoms with Gasteiger partial charge in [0.1, 0.15) is 17.6 Å². The Morgan fingerprint density at radius 2 is 1.90 bits per heavy atom. The second kappa shape index (κ2) is 11.2. The summed E-state index contributed by atoms with van der Waals surface area (Å²) in [6, 6.07) is 18.5. The fraction of sp³-hybridized carbons (Fsp3) is 0.233. The van der Waals surface area contributed by atoms with Crippen molar-refractivity contribution in [2.45, 2.75) is 30.2 Å². The minimum Gasteiger partial charge on any atom is -0.467 e. The molecule has 2 aromatic carbocycles. The molecule has 2 aliphatic rings. The molecule has 0 saturated heterocycles. The summed E-state index contributed by atoms with van der Waals surface area (Å²) in [5.41, 5.74) is 1.89. The first-order valence-corrected chi connectivity index (χ1v) is 14.1. The average molecular weight is 561 g/mol. The zero-order valence-corrected chi connectivity index (χ0v) is 22.5. The van der Waals surface area contributed by atoms with Crippen molar-refractivity contribution < 1.29 is 23.2 Å². The first-order chi connectivity index (χ1) is 19.1. The second-order valence-electron chi connectivity index (χ2n) is 9.41. The van der Waals surface area contributed by atoms with Gasteiger partial charge >= 0.3 is 5.97 Å². The van der Waals surface area contributed by atoms with E-state index in [4.69, 9.17) is 30.3 Å². The summed E-state index contributed by atoms with van der Waals surface area (Å²) in [6.45, 7) is -0.409. The van der Waals surface area contributed by atoms with Crippen LogP contribution in [0.2, 0.25) is 5.02 Å². The van der Waals surface area contributed by atoms with Crippen LogP contribution < -0.4 is 0 Å². The van der Waals surface area contributed by atoms with Crippen LogP contribution in [0.3, 0.4) is 0 Å². The molecule has 2 aromatic heterocycles. The number of hydrazone groups is 1. The number of furan rings is 2. The lowest BCUT2D eigenvalue weighted by atomic mass is 9.79. The fourth-order valence-corrected chi connectivity index (χ4v) is 6.50. The van der Waals surface area contributed by atoms with E-state index < -0.39 is 24.5 Å². The van der Waals surface area contributed by atoms with Crippen molar-refractivity contribution in [3.05, 3.63) is 95.3 Å². The number of benzene rings is 2. The van der Waals surface area contributed by atoms with Crippen LogP contribution in [0.15, 0.2) is 97.6 Å². The third-order valence-electron chi connectivity index (χ3n) is 6.97. The lowest BCUT2D eigenvalue weighted by Gasteiger charge is -2.27. The largest absolute Gasteiger partial charge is 0.467 e. The predicted molar refractivity (Wildman–Crippen MR) is 150 cm³/mol. The minimum absolute atomic E-state index is 0.0163. The van der Waals surface area contributed by atoms with E-state index in [9.17, 15) is 9.59 Å². The van der Waals surface area contributed by atoms with Gasteiger partial charge in [-0.25, -0.2) is 5.01 Å². The van der Waals surface area contributed by atoms with Crippen molar-refractivity contribution in [3.63, 3.8) is 0 Å². The molecular formula is C30H25ClN2O5S. The number of carbonyl (C=O) groups excluding carboxylic acids is 2. The highest BCUT2D eigenvalue weighted by Gasteiger charge is 2.45. The van der Waals surface area contributed by atoms with E-state index >= 15 is 0 Å². The molecule has 1 saturated carbocycles. The van der Waals surface area contributed by atoms with Crippen molar-refractivity contribution in [1.82, 2.24) is 5.01 Å². The summed E-state index contributed by atoms with van der Waals surface area (Å²) in [7, 11) is 0. The van der Waals surface area contributed by atoms with Crippen LogP contribution in [0.1, 0.15) is 36.8 Å². The number of thioether (sulfide) groups is 1. The van der Waals surface area contributed by atoms with E-state index in [2.05, 4.69) is 0 Å². The lowest BCUT2D eigenvalue weighted by Crippen LogP contribution is -2.34. The SMILES string of the molecule is O=C(CSc1cccc2cccc(Cl)c12)OCC(=O)N1N=C2C(=Cc3ccco3)CCCC2C1c1ccco1. The smallest absolute Gasteiger partial charge is 0.316 e. The van der Waals surface area contributed by atoms with Crippen LogP contribution in [0.25, 0.3) is 16.8 Å². The van der Waals surface area contributed by atoms with Gasteiger partial charge in [0.15, 0.2) is 6.61 Å². The molecule has 2 unspecified atom stereocenters. The third-order valence-corrected chi connectivity index (χ3v) is 8.32. The van der Waals surface area contributed by atoms with E-state index in [0.29, 0.717) is 10.8 Å². The molecule has 6 rings (SSSR count). The molecular weight excluding hydrogens is 536 g/mol. The molecule has 1 aliphatic heterocycles. The van der Waals surface area contributed by atoms with E-state index in [1.165, 1.54) is 16.8 Å². The minimum atomic E-state index is -0.491. The topological polar surface area (TPSA) is 85.3 Å². The van der Waals surface area contributed by atoms with Crippen LogP contribution in [-0.2, 0) is 14.3 Å². The van der Waals surface area contributed by atoms with E-state index in [1.54, 1.807) is 18.6 Å². The number of allylic oxidation sites excluding steroid dienone is 1. The Balaban J connectivity index is 1.16. The number of nitrogens with zero attached hydrogens (tertiary/aromatic N) is 2. The van der Waals surface area contributed by atoms with Gasteiger partial charge in [0, 0.05) is 21.2 Å². The highest BCUT2D eigenvalue weighted by Crippen LogP contribution is 2.44. The molecule has 4 aromatic rings. The molecule has 7 nitrogen and oxygen atoms in total. The van der Waals surface area contributed by atoms with E-state index in [1.807, 2.05) is 60.7 Å². The molecule has 1 aliphatic carbocycles. The van der Waals surface area contributed by atoms with Crippen molar-refractivity contribution >= 4 is 57.8 Å². The van der Waals surface area contributed by atoms with E-state index in [-0.39, 0.29) is 11.7 Å². The highest BCUT2D eigenvalue weighted by molar-refractivity contribution is 8.00. The van der Waals surface area contributed by atoms with Gasteiger partial charge in [0.25, 0.3) is 5.91 Å². The number of esters is 1. The van der Waals surface area contributed by atoms with Crippen molar-refractivity contribution in [2.24, 2.45) is 11.0 Å². The van der Waals surface area contributed by atoms with E-state index in [0.717, 1.165) is 52.0 Å². The Labute approximate surface area is 234 Å². The van der Waals surface area contributed by atoms with Crippen LogP contribution >= 0.6 is 23.4 Å². The maximum absolute atomic E-state index is 13.4. The Kier molecular flexibility index (Phi) is 7.30. The third kappa shape index (κ3) is 5.27. The van der Waals surface area contributed by atoms with Crippen LogP contribution in [-0.4, -0.2) is 35.0 Å². The summed E-state index contributed by atoms with van der Waals surface area (Å²) in [4.78, 5) is 26.9. The standard InChI is InChI=1S/C30H25ClN2O5S/c31-23-11-2-6-19-7-3-13-25(28(19)23)39-18-27(35)38-17-26(34)33-30(24-12-5-15-37-24)22-10-1-8-20(29(22)32-33)16-21-9-4-14-36-21/h2-7,9,11-16,22,30H,1,8,10,17-18H2. The number of fused-ring (bicyclic) bond motifs is 2. The molecule has 198 valence electrons. The van der Waals surface area contributed by atoms with Gasteiger partial charge in [-0.05, 0) is 72.7 Å². The molecule has 39 heavy (non-hydrogen) atoms. The monoisotopic (exact) mass is 560 g/mol. The molecule has 0 spiro atoms. The Morgan fingerprint density at radius 3 is 2.69 bits per heavy atom. The Bertz CT molecular complexity index is 1560. The zero-order chi connectivity index (χ0) is 26.8. The number of carbonyl (C=O) groups is 2. The predicted octanol–water partition coefficient (Wildman–Crippen LogP) is 7.14. The summed E-state index contributed by atoms with van der Waals surface area (Å²) in [5, 5.41) is 8.68. The first kappa shape index (κ1) is 25.5. The first-order valence-electron chi connectivity index (χ1n) is 12.7. The Hall–Kier alpha value is -3.75. The van der Waals surface area contributed by atoms with Crippen molar-refractivity contribution in [2.75, 3.05) is 12.4 Å². The van der Waals surface area contributed by atoms with Gasteiger partial charge in [-0.3, -0.25) is 9.59 Å². The van der Waals surface area contributed by atoms with Gasteiger partial charge in [0.2, 0.25) is 0 Å². The highest BCUT2D eigenvalue weighted by atomic mass is 35.5. The number of hydrogen-bond donors (Lipinski definition) is 0. The maximum Gasteiger partial charge on any atom is 0.316 e. The number of rotatable bonds is 7. The number of ether oxygens (including phenoxy) is 1. The van der Waals surface area contributed by atoms with Crippen molar-refractivity contribution in [3.8, 4) is 0 Å². The zero-order valence-electron chi connectivity index (χ0n) is 20.9. The summed E-state index contributed by atoms with van der Waals surface area (Å²) >= 11 is 7.73. The molecule has 2 atom stereocenters. The number of hydrogen-bond acceptors (Lipinski definition) is 7. The van der Waals surface area contributed by atoms with Crippen LogP contribution in [0.5, 0.6) is 0 Å². The molecule has 1 fully saturated rings. The summed E-state index contributed by atoms with van der Waals surface area (Å²) < 4.78 is 16.6. The van der Waals surface area contributed by atoms with Crippen molar-refractivity contribution in [1.29, 1.82) is 0 Å². The number of amides is 1. The second-order valence-corrected chi connectivity index (χ2v) is 10.8. The van der Waals surface area contributed by atoms with Gasteiger partial charge in [-0.15, -0.1) is 11.8 Å². The molecule has 0 radical (unpaired) electrons. The van der Waals surface area contributed by atoms with Gasteiger partial charge in [0.05, 0.1) is 24.0 Å². The number of halogens is 1. The average Bonchev–Trinajstić information content (AvgIpc) is 3.72. The maximum atomic E-state index is 13.4.